The van der Waals surface area contributed by atoms with Gasteiger partial charge in [0.2, 0.25) is 0 Å². The Morgan fingerprint density at radius 3 is 2.27 bits per heavy atom. The molecule has 5 heteroatoms. The maximum absolute atomic E-state index is 12.9. The lowest BCUT2D eigenvalue weighted by atomic mass is 10.2. The van der Waals surface area contributed by atoms with Crippen molar-refractivity contribution in [2.45, 2.75) is 33.4 Å². The smallest absolute Gasteiger partial charge is 0.314 e. The minimum Gasteiger partial charge on any atom is -0.314 e. The van der Waals surface area contributed by atoms with E-state index in [1.807, 2.05) is 49.4 Å². The van der Waals surface area contributed by atoms with E-state index in [-0.39, 0.29) is 11.9 Å². The van der Waals surface area contributed by atoms with Gasteiger partial charge in [0, 0.05) is 11.3 Å². The highest BCUT2D eigenvalue weighted by atomic mass is 16.2. The molecule has 1 fully saturated rings. The van der Waals surface area contributed by atoms with Gasteiger partial charge in [0.15, 0.2) is 6.67 Å². The van der Waals surface area contributed by atoms with Gasteiger partial charge in [-0.05, 0) is 32.9 Å². The summed E-state index contributed by atoms with van der Waals surface area (Å²) in [5, 5.41) is 0. The van der Waals surface area contributed by atoms with Gasteiger partial charge < -0.3 is 4.90 Å². The van der Waals surface area contributed by atoms with E-state index >= 15 is 0 Å². The maximum Gasteiger partial charge on any atom is 0.336 e. The number of benzene rings is 2. The summed E-state index contributed by atoms with van der Waals surface area (Å²) in [6, 6.07) is 17.2. The number of hydrogen-bond donors (Lipinski definition) is 1. The lowest BCUT2D eigenvalue weighted by Crippen LogP contribution is -3.12. The van der Waals surface area contributed by atoms with Crippen molar-refractivity contribution in [1.29, 1.82) is 0 Å². The molecule has 2 aromatic rings. The first kappa shape index (κ1) is 18.1. The van der Waals surface area contributed by atoms with Gasteiger partial charge in [-0.15, -0.1) is 0 Å². The third-order valence-corrected chi connectivity index (χ3v) is 4.94. The fourth-order valence-electron chi connectivity index (χ4n) is 3.31. The molecule has 0 aromatic heterocycles. The Kier molecular flexibility index (Phi) is 5.38. The summed E-state index contributed by atoms with van der Waals surface area (Å²) in [5.41, 5.74) is 3.10. The van der Waals surface area contributed by atoms with Crippen molar-refractivity contribution in [3.05, 3.63) is 65.7 Å². The van der Waals surface area contributed by atoms with Crippen molar-refractivity contribution in [3.63, 3.8) is 0 Å². The Labute approximate surface area is 154 Å². The first-order valence-electron chi connectivity index (χ1n) is 9.10. The minimum absolute atomic E-state index is 0.130. The first-order valence-corrected chi connectivity index (χ1v) is 9.10. The average molecular weight is 352 g/mol. The van der Waals surface area contributed by atoms with Gasteiger partial charge in [0.1, 0.15) is 12.6 Å². The number of rotatable bonds is 6. The Bertz CT molecular complexity index is 774. The summed E-state index contributed by atoms with van der Waals surface area (Å²) in [6.45, 7) is 7.88. The Morgan fingerprint density at radius 1 is 1.00 bits per heavy atom. The molecule has 3 amide bonds. The number of urea groups is 1. The van der Waals surface area contributed by atoms with Crippen LogP contribution in [-0.2, 0) is 11.3 Å². The van der Waals surface area contributed by atoms with Crippen molar-refractivity contribution < 1.29 is 14.5 Å². The predicted octanol–water partition coefficient (Wildman–Crippen LogP) is 2.21. The third kappa shape index (κ3) is 3.63. The average Bonchev–Trinajstić information content (AvgIpc) is 2.86. The van der Waals surface area contributed by atoms with Crippen LogP contribution in [0.25, 0.3) is 0 Å². The molecule has 1 heterocycles. The lowest BCUT2D eigenvalue weighted by molar-refractivity contribution is -0.919. The van der Waals surface area contributed by atoms with Crippen LogP contribution in [0.15, 0.2) is 54.6 Å². The van der Waals surface area contributed by atoms with Gasteiger partial charge >= 0.3 is 6.03 Å². The second kappa shape index (κ2) is 7.70. The van der Waals surface area contributed by atoms with Crippen molar-refractivity contribution in [2.75, 3.05) is 18.1 Å². The molecule has 1 N–H and O–H groups in total. The number of carbonyl (C=O) groups excluding carboxylic acids is 2. The van der Waals surface area contributed by atoms with Gasteiger partial charge in [0.05, 0.1) is 6.54 Å². The molecule has 5 nitrogen and oxygen atoms in total. The first-order chi connectivity index (χ1) is 12.5. The molecule has 136 valence electrons. The number of amides is 3. The lowest BCUT2D eigenvalue weighted by Gasteiger charge is -2.23. The summed E-state index contributed by atoms with van der Waals surface area (Å²) in [5.74, 6) is -0.130. The van der Waals surface area contributed by atoms with Crippen LogP contribution in [0.4, 0.5) is 10.5 Å². The van der Waals surface area contributed by atoms with Crippen LogP contribution in [0, 0.1) is 6.92 Å². The monoisotopic (exact) mass is 352 g/mol. The van der Waals surface area contributed by atoms with Gasteiger partial charge in [-0.25, -0.2) is 9.69 Å². The van der Waals surface area contributed by atoms with Crippen LogP contribution >= 0.6 is 0 Å². The molecule has 1 unspecified atom stereocenters. The summed E-state index contributed by atoms with van der Waals surface area (Å²) in [6.07, 6.45) is 0. The molecule has 0 spiro atoms. The van der Waals surface area contributed by atoms with E-state index in [1.165, 1.54) is 15.4 Å². The molecule has 1 saturated heterocycles. The fourth-order valence-corrected chi connectivity index (χ4v) is 3.31. The number of imide groups is 1. The van der Waals surface area contributed by atoms with Crippen LogP contribution in [0.2, 0.25) is 0 Å². The Hall–Kier alpha value is -2.66. The van der Waals surface area contributed by atoms with Crippen molar-refractivity contribution in [2.24, 2.45) is 0 Å². The molecule has 0 radical (unpaired) electrons. The number of hydrogen-bond acceptors (Lipinski definition) is 2. The molecule has 1 aliphatic rings. The quantitative estimate of drug-likeness (QED) is 0.810. The number of quaternary nitrogens is 1. The second-order valence-corrected chi connectivity index (χ2v) is 6.85. The summed E-state index contributed by atoms with van der Waals surface area (Å²) < 4.78 is 0. The summed E-state index contributed by atoms with van der Waals surface area (Å²) in [4.78, 5) is 29.8. The van der Waals surface area contributed by atoms with Gasteiger partial charge in [0.25, 0.3) is 5.91 Å². The number of aryl methyl sites for hydroxylation is 1. The number of carbonyl (C=O) groups is 2. The Morgan fingerprint density at radius 2 is 1.65 bits per heavy atom. The normalized spacial score (nSPS) is 18.5. The van der Waals surface area contributed by atoms with E-state index in [1.54, 1.807) is 11.8 Å². The minimum atomic E-state index is -0.472. The predicted molar refractivity (Wildman–Crippen MR) is 102 cm³/mol. The second-order valence-electron chi connectivity index (χ2n) is 6.85. The van der Waals surface area contributed by atoms with Gasteiger partial charge in [-0.1, -0.05) is 48.0 Å². The zero-order chi connectivity index (χ0) is 18.7. The van der Waals surface area contributed by atoms with Crippen LogP contribution in [0.5, 0.6) is 0 Å². The molecule has 0 aliphatic carbocycles. The molecule has 26 heavy (non-hydrogen) atoms. The van der Waals surface area contributed by atoms with Crippen LogP contribution in [0.3, 0.4) is 0 Å². The maximum atomic E-state index is 12.9. The number of anilines is 1. The largest absolute Gasteiger partial charge is 0.336 e. The molecule has 1 aliphatic heterocycles. The summed E-state index contributed by atoms with van der Waals surface area (Å²) >= 11 is 0. The molecular formula is C21H26N3O2+. The van der Waals surface area contributed by atoms with Crippen LogP contribution < -0.4 is 9.80 Å². The fraction of sp³-hybridized carbons (Fsp3) is 0.333. The highest BCUT2D eigenvalue weighted by Gasteiger charge is 2.44. The van der Waals surface area contributed by atoms with Crippen molar-refractivity contribution in [1.82, 2.24) is 4.90 Å². The number of nitrogens with one attached hydrogen (secondary N) is 1. The Balaban J connectivity index is 1.76. The number of nitrogens with zero attached hydrogens (tertiary/aromatic N) is 2. The van der Waals surface area contributed by atoms with Gasteiger partial charge in [-0.2, -0.15) is 0 Å². The van der Waals surface area contributed by atoms with E-state index in [0.29, 0.717) is 6.67 Å². The third-order valence-electron chi connectivity index (χ3n) is 4.94. The molecule has 0 saturated carbocycles. The van der Waals surface area contributed by atoms with Crippen molar-refractivity contribution >= 4 is 17.6 Å². The zero-order valence-electron chi connectivity index (χ0n) is 15.6. The SMILES string of the molecule is CC[NH+](Cc1ccccc1)CN1C(=O)[C@H](C)N(c2ccc(C)cc2)C1=O. The van der Waals surface area contributed by atoms with Gasteiger partial charge in [-0.3, -0.25) is 9.69 Å². The van der Waals surface area contributed by atoms with E-state index in [0.717, 1.165) is 24.3 Å². The van der Waals surface area contributed by atoms with Crippen LogP contribution in [0.1, 0.15) is 25.0 Å². The summed E-state index contributed by atoms with van der Waals surface area (Å²) in [7, 11) is 0. The molecule has 2 atom stereocenters. The highest BCUT2D eigenvalue weighted by Crippen LogP contribution is 2.25. The molecule has 0 bridgehead atoms. The van der Waals surface area contributed by atoms with E-state index in [4.69, 9.17) is 0 Å². The standard InChI is InChI=1S/C21H25N3O2/c1-4-22(14-18-8-6-5-7-9-18)15-23-20(25)17(3)24(21(23)26)19-12-10-16(2)11-13-19/h5-13,17H,4,14-15H2,1-3H3/p+1/t17-/m0/s1. The molecule has 3 rings (SSSR count). The molecular weight excluding hydrogens is 326 g/mol. The van der Waals surface area contributed by atoms with E-state index in [2.05, 4.69) is 19.1 Å². The highest BCUT2D eigenvalue weighted by molar-refractivity contribution is 6.13. The van der Waals surface area contributed by atoms with E-state index in [9.17, 15) is 9.59 Å². The molecule has 2 aromatic carbocycles. The van der Waals surface area contributed by atoms with Crippen molar-refractivity contribution in [3.8, 4) is 0 Å². The van der Waals surface area contributed by atoms with E-state index < -0.39 is 6.04 Å². The van der Waals surface area contributed by atoms with Crippen LogP contribution in [-0.4, -0.2) is 36.1 Å². The topological polar surface area (TPSA) is 45.1 Å². The zero-order valence-corrected chi connectivity index (χ0v) is 15.6.